The molecule has 0 fully saturated rings. The van der Waals surface area contributed by atoms with Gasteiger partial charge in [-0.25, -0.2) is 4.39 Å². The van der Waals surface area contributed by atoms with Gasteiger partial charge in [0.15, 0.2) is 0 Å². The molecule has 106 valence electrons. The van der Waals surface area contributed by atoms with Gasteiger partial charge in [0.2, 0.25) is 0 Å². The van der Waals surface area contributed by atoms with Gasteiger partial charge >= 0.3 is 5.97 Å². The van der Waals surface area contributed by atoms with Gasteiger partial charge in [0.1, 0.15) is 11.4 Å². The molecule has 1 aromatic rings. The molecule has 0 aliphatic rings. The van der Waals surface area contributed by atoms with E-state index in [1.165, 1.54) is 12.1 Å². The SMILES string of the molecule is CCC(C)(C)C(=O)OC(C)(CC)c1ccc(F)cc1. The van der Waals surface area contributed by atoms with Crippen LogP contribution in [0, 0.1) is 11.2 Å². The van der Waals surface area contributed by atoms with Gasteiger partial charge in [-0.05, 0) is 51.3 Å². The fraction of sp³-hybridized carbons (Fsp3) is 0.562. The number of hydrogen-bond acceptors (Lipinski definition) is 2. The summed E-state index contributed by atoms with van der Waals surface area (Å²) in [6, 6.07) is 6.13. The molecule has 1 aromatic carbocycles. The molecule has 19 heavy (non-hydrogen) atoms. The standard InChI is InChI=1S/C16H23FO2/c1-6-15(3,4)14(18)19-16(5,7-2)12-8-10-13(17)11-9-12/h8-11H,6-7H2,1-5H3. The molecule has 0 bridgehead atoms. The highest BCUT2D eigenvalue weighted by molar-refractivity contribution is 5.76. The van der Waals surface area contributed by atoms with E-state index in [2.05, 4.69) is 0 Å². The van der Waals surface area contributed by atoms with Gasteiger partial charge in [-0.3, -0.25) is 4.79 Å². The maximum absolute atomic E-state index is 13.0. The van der Waals surface area contributed by atoms with Gasteiger partial charge in [-0.15, -0.1) is 0 Å². The van der Waals surface area contributed by atoms with Crippen LogP contribution in [-0.4, -0.2) is 5.97 Å². The summed E-state index contributed by atoms with van der Waals surface area (Å²) in [7, 11) is 0. The second-order valence-corrected chi connectivity index (χ2v) is 5.72. The van der Waals surface area contributed by atoms with E-state index >= 15 is 0 Å². The number of benzene rings is 1. The Hall–Kier alpha value is -1.38. The Kier molecular flexibility index (Phi) is 4.72. The highest BCUT2D eigenvalue weighted by Gasteiger charge is 2.35. The first kappa shape index (κ1) is 15.7. The molecule has 0 spiro atoms. The Morgan fingerprint density at radius 1 is 1.11 bits per heavy atom. The summed E-state index contributed by atoms with van der Waals surface area (Å²) in [6.07, 6.45) is 1.36. The van der Waals surface area contributed by atoms with E-state index in [0.717, 1.165) is 12.0 Å². The first-order valence-electron chi connectivity index (χ1n) is 6.74. The monoisotopic (exact) mass is 266 g/mol. The number of hydrogen-bond donors (Lipinski definition) is 0. The molecule has 0 saturated carbocycles. The number of rotatable bonds is 5. The molecule has 0 radical (unpaired) electrons. The van der Waals surface area contributed by atoms with Crippen molar-refractivity contribution in [1.29, 1.82) is 0 Å². The van der Waals surface area contributed by atoms with Crippen molar-refractivity contribution < 1.29 is 13.9 Å². The van der Waals surface area contributed by atoms with Crippen molar-refractivity contribution in [3.63, 3.8) is 0 Å². The zero-order valence-corrected chi connectivity index (χ0v) is 12.4. The van der Waals surface area contributed by atoms with E-state index in [1.54, 1.807) is 12.1 Å². The summed E-state index contributed by atoms with van der Waals surface area (Å²) < 4.78 is 18.7. The molecular weight excluding hydrogens is 243 g/mol. The Labute approximate surface area is 115 Å². The fourth-order valence-electron chi connectivity index (χ4n) is 1.62. The van der Waals surface area contributed by atoms with Crippen molar-refractivity contribution in [2.75, 3.05) is 0 Å². The zero-order valence-electron chi connectivity index (χ0n) is 12.4. The van der Waals surface area contributed by atoms with E-state index in [9.17, 15) is 9.18 Å². The fourth-order valence-corrected chi connectivity index (χ4v) is 1.62. The quantitative estimate of drug-likeness (QED) is 0.737. The predicted molar refractivity (Wildman–Crippen MR) is 74.2 cm³/mol. The molecule has 3 heteroatoms. The number of esters is 1. The lowest BCUT2D eigenvalue weighted by Crippen LogP contribution is -2.35. The Morgan fingerprint density at radius 2 is 1.63 bits per heavy atom. The normalized spacial score (nSPS) is 14.8. The van der Waals surface area contributed by atoms with E-state index in [4.69, 9.17) is 4.74 Å². The van der Waals surface area contributed by atoms with Gasteiger partial charge in [0, 0.05) is 0 Å². The van der Waals surface area contributed by atoms with Crippen molar-refractivity contribution in [3.8, 4) is 0 Å². The molecule has 1 unspecified atom stereocenters. The summed E-state index contributed by atoms with van der Waals surface area (Å²) in [4.78, 5) is 12.2. The van der Waals surface area contributed by atoms with Gasteiger partial charge in [0.05, 0.1) is 5.41 Å². The van der Waals surface area contributed by atoms with Crippen molar-refractivity contribution in [2.24, 2.45) is 5.41 Å². The number of halogens is 1. The Balaban J connectivity index is 2.99. The maximum atomic E-state index is 13.0. The van der Waals surface area contributed by atoms with Crippen LogP contribution in [0.15, 0.2) is 24.3 Å². The highest BCUT2D eigenvalue weighted by Crippen LogP contribution is 2.33. The molecular formula is C16H23FO2. The lowest BCUT2D eigenvalue weighted by atomic mass is 9.88. The van der Waals surface area contributed by atoms with Crippen LogP contribution in [0.3, 0.4) is 0 Å². The minimum absolute atomic E-state index is 0.219. The second-order valence-electron chi connectivity index (χ2n) is 5.72. The van der Waals surface area contributed by atoms with Crippen molar-refractivity contribution >= 4 is 5.97 Å². The van der Waals surface area contributed by atoms with Crippen LogP contribution in [0.5, 0.6) is 0 Å². The van der Waals surface area contributed by atoms with Crippen molar-refractivity contribution in [1.82, 2.24) is 0 Å². The van der Waals surface area contributed by atoms with Crippen LogP contribution in [0.4, 0.5) is 4.39 Å². The second kappa shape index (κ2) is 5.72. The average Bonchev–Trinajstić information content (AvgIpc) is 2.39. The third-order valence-corrected chi connectivity index (χ3v) is 3.88. The predicted octanol–water partition coefficient (Wildman–Crippen LogP) is 4.43. The van der Waals surface area contributed by atoms with E-state index in [1.807, 2.05) is 34.6 Å². The molecule has 0 heterocycles. The summed E-state index contributed by atoms with van der Waals surface area (Å²) in [5.74, 6) is -0.508. The Morgan fingerprint density at radius 3 is 2.05 bits per heavy atom. The van der Waals surface area contributed by atoms with Crippen molar-refractivity contribution in [3.05, 3.63) is 35.6 Å². The van der Waals surface area contributed by atoms with E-state index in [0.29, 0.717) is 6.42 Å². The molecule has 0 aromatic heterocycles. The van der Waals surface area contributed by atoms with Crippen LogP contribution < -0.4 is 0 Å². The van der Waals surface area contributed by atoms with E-state index < -0.39 is 11.0 Å². The summed E-state index contributed by atoms with van der Waals surface area (Å²) in [5, 5.41) is 0. The van der Waals surface area contributed by atoms with Gasteiger partial charge < -0.3 is 4.74 Å². The van der Waals surface area contributed by atoms with Gasteiger partial charge in [0.25, 0.3) is 0 Å². The molecule has 1 atom stereocenters. The number of carbonyl (C=O) groups excluding carboxylic acids is 1. The third kappa shape index (κ3) is 3.55. The first-order chi connectivity index (χ1) is 8.75. The van der Waals surface area contributed by atoms with Crippen LogP contribution in [-0.2, 0) is 15.1 Å². The van der Waals surface area contributed by atoms with Crippen LogP contribution in [0.1, 0.15) is 53.0 Å². The average molecular weight is 266 g/mol. The first-order valence-corrected chi connectivity index (χ1v) is 6.74. The summed E-state index contributed by atoms with van der Waals surface area (Å²) >= 11 is 0. The molecule has 0 amide bonds. The molecule has 0 saturated heterocycles. The minimum Gasteiger partial charge on any atom is -0.454 e. The Bertz CT molecular complexity index is 437. The largest absolute Gasteiger partial charge is 0.454 e. The molecule has 2 nitrogen and oxygen atoms in total. The molecule has 0 N–H and O–H groups in total. The number of carbonyl (C=O) groups is 1. The molecule has 0 aliphatic carbocycles. The molecule has 0 aliphatic heterocycles. The zero-order chi connectivity index (χ0) is 14.7. The van der Waals surface area contributed by atoms with Gasteiger partial charge in [-0.1, -0.05) is 26.0 Å². The lowest BCUT2D eigenvalue weighted by molar-refractivity contribution is -0.170. The van der Waals surface area contributed by atoms with E-state index in [-0.39, 0.29) is 11.8 Å². The maximum Gasteiger partial charge on any atom is 0.312 e. The van der Waals surface area contributed by atoms with Crippen LogP contribution >= 0.6 is 0 Å². The lowest BCUT2D eigenvalue weighted by Gasteiger charge is -2.33. The molecule has 1 rings (SSSR count). The van der Waals surface area contributed by atoms with Crippen LogP contribution in [0.2, 0.25) is 0 Å². The smallest absolute Gasteiger partial charge is 0.312 e. The van der Waals surface area contributed by atoms with Crippen LogP contribution in [0.25, 0.3) is 0 Å². The summed E-state index contributed by atoms with van der Waals surface area (Å²) in [5.41, 5.74) is -0.398. The third-order valence-electron chi connectivity index (χ3n) is 3.88. The minimum atomic E-state index is -0.711. The van der Waals surface area contributed by atoms with Crippen molar-refractivity contribution in [2.45, 2.75) is 53.1 Å². The van der Waals surface area contributed by atoms with Gasteiger partial charge in [-0.2, -0.15) is 0 Å². The number of ether oxygens (including phenoxy) is 1. The topological polar surface area (TPSA) is 26.3 Å². The highest BCUT2D eigenvalue weighted by atomic mass is 19.1. The summed E-state index contributed by atoms with van der Waals surface area (Å²) in [6.45, 7) is 9.52.